The third-order valence-electron chi connectivity index (χ3n) is 2.51. The van der Waals surface area contributed by atoms with Gasteiger partial charge in [-0.05, 0) is 48.9 Å². The van der Waals surface area contributed by atoms with Crippen LogP contribution in [0.4, 0.5) is 10.1 Å². The molecule has 88 valence electrons. The molecule has 3 heteroatoms. The second-order valence-electron chi connectivity index (χ2n) is 3.88. The molecule has 17 heavy (non-hydrogen) atoms. The van der Waals surface area contributed by atoms with Crippen LogP contribution >= 0.6 is 0 Å². The van der Waals surface area contributed by atoms with Crippen molar-refractivity contribution in [3.8, 4) is 5.75 Å². The number of hydrogen-bond donors (Lipinski definition) is 1. The fourth-order valence-electron chi connectivity index (χ4n) is 1.58. The quantitative estimate of drug-likeness (QED) is 0.820. The molecule has 0 saturated carbocycles. The molecular formula is C14H14FNO. The Morgan fingerprint density at radius 1 is 1.12 bits per heavy atom. The second-order valence-corrected chi connectivity index (χ2v) is 3.88. The predicted molar refractivity (Wildman–Crippen MR) is 66.3 cm³/mol. The smallest absolute Gasteiger partial charge is 0.123 e. The lowest BCUT2D eigenvalue weighted by molar-refractivity contribution is 0.226. The standard InChI is InChI=1S/C14H14FNO/c1-10(11-3-2-4-12(15)9-11)17-14-7-5-13(16)6-8-14/h2-10H,16H2,1H3. The molecule has 2 aromatic rings. The lowest BCUT2D eigenvalue weighted by Crippen LogP contribution is -2.03. The summed E-state index contributed by atoms with van der Waals surface area (Å²) in [5.74, 6) is 0.464. The minimum atomic E-state index is -0.254. The van der Waals surface area contributed by atoms with Crippen molar-refractivity contribution in [3.05, 3.63) is 59.9 Å². The van der Waals surface area contributed by atoms with E-state index < -0.39 is 0 Å². The van der Waals surface area contributed by atoms with E-state index in [4.69, 9.17) is 10.5 Å². The number of rotatable bonds is 3. The van der Waals surface area contributed by atoms with Gasteiger partial charge in [0.05, 0.1) is 0 Å². The molecule has 0 heterocycles. The summed E-state index contributed by atoms with van der Waals surface area (Å²) >= 11 is 0. The minimum Gasteiger partial charge on any atom is -0.486 e. The van der Waals surface area contributed by atoms with Crippen LogP contribution in [0.2, 0.25) is 0 Å². The Kier molecular flexibility index (Phi) is 3.28. The highest BCUT2D eigenvalue weighted by Crippen LogP contribution is 2.22. The van der Waals surface area contributed by atoms with E-state index in [0.29, 0.717) is 5.69 Å². The predicted octanol–water partition coefficient (Wildman–Crippen LogP) is 3.55. The molecule has 0 aromatic heterocycles. The molecule has 2 aromatic carbocycles. The zero-order valence-corrected chi connectivity index (χ0v) is 9.56. The van der Waals surface area contributed by atoms with Gasteiger partial charge in [0.1, 0.15) is 17.7 Å². The Morgan fingerprint density at radius 2 is 1.82 bits per heavy atom. The third kappa shape index (κ3) is 2.97. The summed E-state index contributed by atoms with van der Waals surface area (Å²) in [4.78, 5) is 0. The van der Waals surface area contributed by atoms with Crippen LogP contribution in [0.3, 0.4) is 0 Å². The second kappa shape index (κ2) is 4.87. The van der Waals surface area contributed by atoms with Gasteiger partial charge in [0.15, 0.2) is 0 Å². The SMILES string of the molecule is CC(Oc1ccc(N)cc1)c1cccc(F)c1. The highest BCUT2D eigenvalue weighted by atomic mass is 19.1. The fourth-order valence-corrected chi connectivity index (χ4v) is 1.58. The molecule has 0 aliphatic heterocycles. The van der Waals surface area contributed by atoms with Gasteiger partial charge < -0.3 is 10.5 Å². The van der Waals surface area contributed by atoms with Gasteiger partial charge in [-0.3, -0.25) is 0 Å². The average molecular weight is 231 g/mol. The Balaban J connectivity index is 2.11. The largest absolute Gasteiger partial charge is 0.486 e. The van der Waals surface area contributed by atoms with Gasteiger partial charge in [-0.2, -0.15) is 0 Å². The molecule has 0 fully saturated rings. The lowest BCUT2D eigenvalue weighted by Gasteiger charge is -2.15. The van der Waals surface area contributed by atoms with Crippen LogP contribution in [0.15, 0.2) is 48.5 Å². The topological polar surface area (TPSA) is 35.2 Å². The van der Waals surface area contributed by atoms with Crippen LogP contribution < -0.4 is 10.5 Å². The van der Waals surface area contributed by atoms with Gasteiger partial charge in [-0.25, -0.2) is 4.39 Å². The van der Waals surface area contributed by atoms with Crippen molar-refractivity contribution in [2.24, 2.45) is 0 Å². The van der Waals surface area contributed by atoms with Crippen molar-refractivity contribution >= 4 is 5.69 Å². The first-order chi connectivity index (χ1) is 8.15. The third-order valence-corrected chi connectivity index (χ3v) is 2.51. The Bertz CT molecular complexity index is 496. The van der Waals surface area contributed by atoms with Gasteiger partial charge in [-0.15, -0.1) is 0 Å². The van der Waals surface area contributed by atoms with E-state index in [0.717, 1.165) is 11.3 Å². The average Bonchev–Trinajstić information content (AvgIpc) is 2.32. The number of anilines is 1. The van der Waals surface area contributed by atoms with E-state index >= 15 is 0 Å². The van der Waals surface area contributed by atoms with Crippen molar-refractivity contribution in [2.75, 3.05) is 5.73 Å². The maximum Gasteiger partial charge on any atom is 0.123 e. The molecule has 2 nitrogen and oxygen atoms in total. The van der Waals surface area contributed by atoms with Crippen LogP contribution in [0.25, 0.3) is 0 Å². The number of benzene rings is 2. The monoisotopic (exact) mass is 231 g/mol. The van der Waals surface area contributed by atoms with Gasteiger partial charge in [0.25, 0.3) is 0 Å². The normalized spacial score (nSPS) is 12.1. The van der Waals surface area contributed by atoms with E-state index in [1.54, 1.807) is 30.3 Å². The molecule has 0 saturated heterocycles. The fraction of sp³-hybridized carbons (Fsp3) is 0.143. The van der Waals surface area contributed by atoms with Crippen LogP contribution in [0, 0.1) is 5.82 Å². The molecule has 2 rings (SSSR count). The lowest BCUT2D eigenvalue weighted by atomic mass is 10.1. The first-order valence-corrected chi connectivity index (χ1v) is 5.43. The van der Waals surface area contributed by atoms with E-state index in [-0.39, 0.29) is 11.9 Å². The van der Waals surface area contributed by atoms with Crippen molar-refractivity contribution in [2.45, 2.75) is 13.0 Å². The minimum absolute atomic E-state index is 0.200. The van der Waals surface area contributed by atoms with Gasteiger partial charge in [-0.1, -0.05) is 12.1 Å². The van der Waals surface area contributed by atoms with Crippen molar-refractivity contribution in [3.63, 3.8) is 0 Å². The summed E-state index contributed by atoms with van der Waals surface area (Å²) in [5.41, 5.74) is 7.08. The summed E-state index contributed by atoms with van der Waals surface area (Å²) in [6.07, 6.45) is -0.200. The van der Waals surface area contributed by atoms with Gasteiger partial charge >= 0.3 is 0 Å². The molecule has 1 unspecified atom stereocenters. The number of nitrogens with two attached hydrogens (primary N) is 1. The van der Waals surface area contributed by atoms with Crippen LogP contribution in [0.5, 0.6) is 5.75 Å². The van der Waals surface area contributed by atoms with E-state index in [2.05, 4.69) is 0 Å². The molecule has 0 aliphatic rings. The number of halogens is 1. The first kappa shape index (κ1) is 11.5. The zero-order chi connectivity index (χ0) is 12.3. The van der Waals surface area contributed by atoms with Crippen molar-refractivity contribution in [1.82, 2.24) is 0 Å². The molecule has 2 N–H and O–H groups in total. The molecular weight excluding hydrogens is 217 g/mol. The van der Waals surface area contributed by atoms with Gasteiger partial charge in [0.2, 0.25) is 0 Å². The highest BCUT2D eigenvalue weighted by Gasteiger charge is 2.07. The van der Waals surface area contributed by atoms with Crippen LogP contribution in [0.1, 0.15) is 18.6 Å². The summed E-state index contributed by atoms with van der Waals surface area (Å²) in [7, 11) is 0. The number of hydrogen-bond acceptors (Lipinski definition) is 2. The molecule has 0 spiro atoms. The van der Waals surface area contributed by atoms with Crippen molar-refractivity contribution in [1.29, 1.82) is 0 Å². The van der Waals surface area contributed by atoms with Crippen LogP contribution in [-0.2, 0) is 0 Å². The first-order valence-electron chi connectivity index (χ1n) is 5.43. The Morgan fingerprint density at radius 3 is 2.47 bits per heavy atom. The number of nitrogen functional groups attached to an aromatic ring is 1. The maximum absolute atomic E-state index is 13.0. The summed E-state index contributed by atoms with van der Waals surface area (Å²) in [6.45, 7) is 1.88. The summed E-state index contributed by atoms with van der Waals surface area (Å²) < 4.78 is 18.7. The summed E-state index contributed by atoms with van der Waals surface area (Å²) in [5, 5.41) is 0. The van der Waals surface area contributed by atoms with Crippen LogP contribution in [-0.4, -0.2) is 0 Å². The Hall–Kier alpha value is -2.03. The maximum atomic E-state index is 13.0. The summed E-state index contributed by atoms with van der Waals surface area (Å²) in [6, 6.07) is 13.5. The molecule has 0 aliphatic carbocycles. The van der Waals surface area contributed by atoms with E-state index in [9.17, 15) is 4.39 Å². The number of ether oxygens (including phenoxy) is 1. The molecule has 0 bridgehead atoms. The molecule has 0 amide bonds. The van der Waals surface area contributed by atoms with E-state index in [1.807, 2.05) is 13.0 Å². The molecule has 1 atom stereocenters. The zero-order valence-electron chi connectivity index (χ0n) is 9.56. The van der Waals surface area contributed by atoms with E-state index in [1.165, 1.54) is 12.1 Å². The Labute approximate surface area is 99.8 Å². The molecule has 0 radical (unpaired) electrons. The highest BCUT2D eigenvalue weighted by molar-refractivity contribution is 5.41. The van der Waals surface area contributed by atoms with Gasteiger partial charge in [0, 0.05) is 5.69 Å². The van der Waals surface area contributed by atoms with Crippen molar-refractivity contribution < 1.29 is 9.13 Å².